The van der Waals surface area contributed by atoms with Crippen molar-refractivity contribution in [3.05, 3.63) is 95.5 Å². The molecule has 1 saturated carbocycles. The van der Waals surface area contributed by atoms with Gasteiger partial charge in [-0.25, -0.2) is 4.98 Å². The molecule has 2 aliphatic rings. The molecule has 47 heavy (non-hydrogen) atoms. The Morgan fingerprint density at radius 2 is 1.60 bits per heavy atom. The van der Waals surface area contributed by atoms with E-state index in [2.05, 4.69) is 25.8 Å². The Morgan fingerprint density at radius 3 is 2.32 bits per heavy atom. The van der Waals surface area contributed by atoms with E-state index >= 15 is 0 Å². The molecule has 2 fully saturated rings. The fraction of sp³-hybridized carbons (Fsp3) is 0.361. The Morgan fingerprint density at radius 1 is 0.872 bits per heavy atom. The zero-order valence-corrected chi connectivity index (χ0v) is 27.1. The summed E-state index contributed by atoms with van der Waals surface area (Å²) in [6, 6.07) is 24.1. The monoisotopic (exact) mass is 652 g/mol. The summed E-state index contributed by atoms with van der Waals surface area (Å²) in [5.41, 5.74) is -0.208. The molecular formula is C36H40N6O4S. The van der Waals surface area contributed by atoms with Gasteiger partial charge in [0.05, 0.1) is 4.88 Å². The highest BCUT2D eigenvalue weighted by Crippen LogP contribution is 2.32. The van der Waals surface area contributed by atoms with Crippen molar-refractivity contribution >= 4 is 50.9 Å². The van der Waals surface area contributed by atoms with Crippen LogP contribution < -0.4 is 20.9 Å². The van der Waals surface area contributed by atoms with Crippen molar-refractivity contribution < 1.29 is 19.2 Å². The fourth-order valence-electron chi connectivity index (χ4n) is 6.42. The summed E-state index contributed by atoms with van der Waals surface area (Å²) >= 11 is 1.40. The molecule has 2 aromatic heterocycles. The lowest BCUT2D eigenvalue weighted by Crippen LogP contribution is -2.61. The van der Waals surface area contributed by atoms with Crippen LogP contribution in [0.25, 0.3) is 10.1 Å². The van der Waals surface area contributed by atoms with Crippen LogP contribution in [0.5, 0.6) is 0 Å². The standard InChI is InChI=1S/C36H40N6O4S/c43-32(42-22-20-41(21-23-42)31-14-6-9-18-37-31)15-19-38-33(44)28(24-26-10-2-1-3-11-26)39-35(46)36(16-7-8-17-36)40-34(45)30-25-27-12-4-5-13-29(27)47-30/h1-6,9-14,18,25,28H,7-8,15-17,19-24H2,(H,38,44)(H,39,46)(H,40,45)/t28-/m1/s1. The van der Waals surface area contributed by atoms with Gasteiger partial charge >= 0.3 is 0 Å². The smallest absolute Gasteiger partial charge is 0.262 e. The Labute approximate surface area is 278 Å². The highest BCUT2D eigenvalue weighted by atomic mass is 32.1. The molecule has 10 nitrogen and oxygen atoms in total. The van der Waals surface area contributed by atoms with Crippen LogP contribution in [0.3, 0.4) is 0 Å². The second-order valence-electron chi connectivity index (χ2n) is 12.2. The van der Waals surface area contributed by atoms with E-state index in [4.69, 9.17) is 0 Å². The number of anilines is 1. The van der Waals surface area contributed by atoms with Gasteiger partial charge in [-0.3, -0.25) is 19.2 Å². The molecule has 3 N–H and O–H groups in total. The lowest BCUT2D eigenvalue weighted by molar-refractivity contribution is -0.133. The first kappa shape index (κ1) is 32.2. The second kappa shape index (κ2) is 14.8. The SMILES string of the molecule is O=C(NC1(C(=O)N[C@H](Cc2ccccc2)C(=O)NCCC(=O)N2CCN(c3ccccn3)CC2)CCCC1)c1cc2ccccc2s1. The summed E-state index contributed by atoms with van der Waals surface area (Å²) in [6.07, 6.45) is 4.80. The molecule has 11 heteroatoms. The summed E-state index contributed by atoms with van der Waals surface area (Å²) in [6.45, 7) is 2.73. The number of nitrogens with zero attached hydrogens (tertiary/aromatic N) is 3. The number of rotatable bonds is 11. The normalized spacial score (nSPS) is 16.4. The summed E-state index contributed by atoms with van der Waals surface area (Å²) in [5.74, 6) is -0.131. The molecule has 244 valence electrons. The Hall–Kier alpha value is -4.77. The zero-order valence-electron chi connectivity index (χ0n) is 26.3. The van der Waals surface area contributed by atoms with Gasteiger partial charge < -0.3 is 25.8 Å². The minimum Gasteiger partial charge on any atom is -0.354 e. The molecular weight excluding hydrogens is 613 g/mol. The Bertz CT molecular complexity index is 1670. The number of nitrogens with one attached hydrogen (secondary N) is 3. The largest absolute Gasteiger partial charge is 0.354 e. The number of benzene rings is 2. The molecule has 0 bridgehead atoms. The van der Waals surface area contributed by atoms with Gasteiger partial charge in [-0.1, -0.05) is 67.4 Å². The van der Waals surface area contributed by atoms with Crippen molar-refractivity contribution in [2.24, 2.45) is 0 Å². The van der Waals surface area contributed by atoms with E-state index in [1.165, 1.54) is 11.3 Å². The Kier molecular flexibility index (Phi) is 10.1. The van der Waals surface area contributed by atoms with Crippen molar-refractivity contribution in [3.63, 3.8) is 0 Å². The Balaban J connectivity index is 1.07. The van der Waals surface area contributed by atoms with Gasteiger partial charge in [0.2, 0.25) is 17.7 Å². The topological polar surface area (TPSA) is 124 Å². The highest BCUT2D eigenvalue weighted by molar-refractivity contribution is 7.20. The summed E-state index contributed by atoms with van der Waals surface area (Å²) in [4.78, 5) is 62.8. The number of thiophene rings is 1. The van der Waals surface area contributed by atoms with Crippen LogP contribution in [0.1, 0.15) is 47.3 Å². The van der Waals surface area contributed by atoms with Crippen LogP contribution >= 0.6 is 11.3 Å². The minimum atomic E-state index is -1.10. The average molecular weight is 653 g/mol. The van der Waals surface area contributed by atoms with E-state index in [0.717, 1.165) is 34.3 Å². The van der Waals surface area contributed by atoms with Crippen LogP contribution in [0.15, 0.2) is 85.1 Å². The van der Waals surface area contributed by atoms with Crippen LogP contribution in [0.2, 0.25) is 0 Å². The van der Waals surface area contributed by atoms with Gasteiger partial charge in [-0.05, 0) is 48.1 Å². The average Bonchev–Trinajstić information content (AvgIpc) is 3.77. The molecule has 4 amide bonds. The van der Waals surface area contributed by atoms with Gasteiger partial charge in [0, 0.05) is 56.5 Å². The van der Waals surface area contributed by atoms with E-state index in [0.29, 0.717) is 43.9 Å². The first-order valence-electron chi connectivity index (χ1n) is 16.3. The molecule has 1 saturated heterocycles. The van der Waals surface area contributed by atoms with Crippen molar-refractivity contribution in [2.75, 3.05) is 37.6 Å². The van der Waals surface area contributed by atoms with Gasteiger partial charge in [0.15, 0.2) is 0 Å². The maximum Gasteiger partial charge on any atom is 0.262 e. The molecule has 6 rings (SSSR count). The molecule has 1 aliphatic heterocycles. The lowest BCUT2D eigenvalue weighted by atomic mass is 9.94. The highest BCUT2D eigenvalue weighted by Gasteiger charge is 2.44. The van der Waals surface area contributed by atoms with E-state index < -0.39 is 11.6 Å². The lowest BCUT2D eigenvalue weighted by Gasteiger charge is -2.35. The maximum absolute atomic E-state index is 14.0. The van der Waals surface area contributed by atoms with E-state index in [1.807, 2.05) is 83.8 Å². The first-order chi connectivity index (χ1) is 22.9. The molecule has 2 aromatic carbocycles. The van der Waals surface area contributed by atoms with Gasteiger partial charge in [-0.2, -0.15) is 0 Å². The number of pyridine rings is 1. The number of piperazine rings is 1. The molecule has 1 aliphatic carbocycles. The summed E-state index contributed by atoms with van der Waals surface area (Å²) < 4.78 is 1.01. The fourth-order valence-corrected chi connectivity index (χ4v) is 7.37. The molecule has 0 spiro atoms. The predicted molar refractivity (Wildman–Crippen MR) is 183 cm³/mol. The number of carbonyl (C=O) groups is 4. The number of aromatic nitrogens is 1. The maximum atomic E-state index is 14.0. The number of fused-ring (bicyclic) bond motifs is 1. The van der Waals surface area contributed by atoms with Gasteiger partial charge in [0.1, 0.15) is 17.4 Å². The quantitative estimate of drug-likeness (QED) is 0.226. The van der Waals surface area contributed by atoms with E-state index in [9.17, 15) is 19.2 Å². The van der Waals surface area contributed by atoms with Crippen molar-refractivity contribution in [1.82, 2.24) is 25.8 Å². The molecule has 0 unspecified atom stereocenters. The first-order valence-corrected chi connectivity index (χ1v) is 17.1. The number of hydrogen-bond donors (Lipinski definition) is 3. The molecule has 0 radical (unpaired) electrons. The number of carbonyl (C=O) groups excluding carboxylic acids is 4. The van der Waals surface area contributed by atoms with Crippen LogP contribution in [-0.2, 0) is 20.8 Å². The molecule has 1 atom stereocenters. The molecule has 4 aromatic rings. The van der Waals surface area contributed by atoms with Gasteiger partial charge in [0.25, 0.3) is 5.91 Å². The summed E-state index contributed by atoms with van der Waals surface area (Å²) in [5, 5.41) is 9.91. The summed E-state index contributed by atoms with van der Waals surface area (Å²) in [7, 11) is 0. The number of hydrogen-bond acceptors (Lipinski definition) is 7. The van der Waals surface area contributed by atoms with Crippen molar-refractivity contribution in [2.45, 2.75) is 50.1 Å². The number of amides is 4. The third kappa shape index (κ3) is 7.79. The second-order valence-corrected chi connectivity index (χ2v) is 13.3. The predicted octanol–water partition coefficient (Wildman–Crippen LogP) is 3.92. The van der Waals surface area contributed by atoms with E-state index in [-0.39, 0.29) is 43.0 Å². The van der Waals surface area contributed by atoms with Crippen LogP contribution in [0.4, 0.5) is 5.82 Å². The molecule has 3 heterocycles. The third-order valence-electron chi connectivity index (χ3n) is 9.04. The minimum absolute atomic E-state index is 0.0246. The van der Waals surface area contributed by atoms with E-state index in [1.54, 1.807) is 6.20 Å². The van der Waals surface area contributed by atoms with Crippen molar-refractivity contribution in [3.8, 4) is 0 Å². The third-order valence-corrected chi connectivity index (χ3v) is 10.2. The van der Waals surface area contributed by atoms with Crippen LogP contribution in [0, 0.1) is 0 Å². The van der Waals surface area contributed by atoms with Crippen molar-refractivity contribution in [1.29, 1.82) is 0 Å². The van der Waals surface area contributed by atoms with Gasteiger partial charge in [-0.15, -0.1) is 11.3 Å². The van der Waals surface area contributed by atoms with Crippen LogP contribution in [-0.4, -0.2) is 77.8 Å². The zero-order chi connectivity index (χ0) is 32.6.